The molecular weight excluding hydrogens is 168 g/mol. The highest BCUT2D eigenvalue weighted by Gasteiger charge is 2.01. The van der Waals surface area contributed by atoms with Crippen molar-refractivity contribution in [2.45, 2.75) is 12.8 Å². The van der Waals surface area contributed by atoms with Gasteiger partial charge in [-0.25, -0.2) is 0 Å². The molecule has 67 valence electrons. The largest absolute Gasteiger partial charge is 0.0801 e. The van der Waals surface area contributed by atoms with Gasteiger partial charge in [0, 0.05) is 0 Å². The topological polar surface area (TPSA) is 0 Å². The average molecular weight is 179 g/mol. The van der Waals surface area contributed by atoms with Crippen LogP contribution in [0.4, 0.5) is 0 Å². The van der Waals surface area contributed by atoms with Crippen LogP contribution in [0.3, 0.4) is 0 Å². The van der Waals surface area contributed by atoms with Crippen LogP contribution in [0.15, 0.2) is 18.2 Å². The lowest BCUT2D eigenvalue weighted by Crippen LogP contribution is -2.18. The molecule has 2 aliphatic rings. The summed E-state index contributed by atoms with van der Waals surface area (Å²) in [5.74, 6) is 0. The molecule has 0 N–H and O–H groups in total. The molecule has 0 amide bonds. The minimum Gasteiger partial charge on any atom is -0.0801 e. The van der Waals surface area contributed by atoms with E-state index in [0.29, 0.717) is 0 Å². The molecule has 3 rings (SSSR count). The Labute approximate surface area is 83.6 Å². The Morgan fingerprint density at radius 1 is 1.00 bits per heavy atom. The summed E-state index contributed by atoms with van der Waals surface area (Å²) in [5, 5.41) is 2.58. The molecular formula is C14H11. The standard InChI is InChI=1S/C14H11/c1-2-6-12-10-14-8-4-3-7-13(14)9-11(12)5-1/h1,4-9H,2-3H2. The van der Waals surface area contributed by atoms with Crippen LogP contribution in [0.1, 0.15) is 24.0 Å². The van der Waals surface area contributed by atoms with Crippen LogP contribution in [0, 0.1) is 6.07 Å². The van der Waals surface area contributed by atoms with E-state index in [4.69, 9.17) is 0 Å². The molecule has 0 fully saturated rings. The molecule has 0 atom stereocenters. The molecule has 2 aliphatic carbocycles. The van der Waals surface area contributed by atoms with Gasteiger partial charge in [0.2, 0.25) is 0 Å². The fraction of sp³-hybridized carbons (Fsp3) is 0.143. The quantitative estimate of drug-likeness (QED) is 0.570. The summed E-state index contributed by atoms with van der Waals surface area (Å²) in [4.78, 5) is 0. The summed E-state index contributed by atoms with van der Waals surface area (Å²) in [6, 6.07) is 5.72. The Morgan fingerprint density at radius 3 is 2.86 bits per heavy atom. The summed E-state index contributed by atoms with van der Waals surface area (Å²) in [5.41, 5.74) is 2.54. The first-order valence-electron chi connectivity index (χ1n) is 5.03. The van der Waals surface area contributed by atoms with E-state index >= 15 is 0 Å². The molecule has 0 aromatic heterocycles. The van der Waals surface area contributed by atoms with Crippen molar-refractivity contribution in [2.24, 2.45) is 0 Å². The molecule has 0 aliphatic heterocycles. The highest BCUT2D eigenvalue weighted by atomic mass is 14.1. The highest BCUT2D eigenvalue weighted by molar-refractivity contribution is 5.64. The van der Waals surface area contributed by atoms with Crippen molar-refractivity contribution in [1.82, 2.24) is 0 Å². The Balaban J connectivity index is 2.38. The Kier molecular flexibility index (Phi) is 1.66. The first-order valence-corrected chi connectivity index (χ1v) is 5.03. The maximum atomic E-state index is 3.46. The predicted molar refractivity (Wildman–Crippen MR) is 60.8 cm³/mol. The lowest BCUT2D eigenvalue weighted by molar-refractivity contribution is 1.35. The fourth-order valence-electron chi connectivity index (χ4n) is 1.99. The van der Waals surface area contributed by atoms with Crippen LogP contribution in [-0.2, 0) is 0 Å². The van der Waals surface area contributed by atoms with E-state index in [-0.39, 0.29) is 0 Å². The van der Waals surface area contributed by atoms with Gasteiger partial charge in [-0.2, -0.15) is 0 Å². The lowest BCUT2D eigenvalue weighted by atomic mass is 9.98. The van der Waals surface area contributed by atoms with Crippen molar-refractivity contribution in [3.8, 4) is 0 Å². The molecule has 0 saturated carbocycles. The third kappa shape index (κ3) is 1.15. The van der Waals surface area contributed by atoms with Crippen molar-refractivity contribution in [3.05, 3.63) is 45.8 Å². The van der Waals surface area contributed by atoms with Crippen molar-refractivity contribution in [3.63, 3.8) is 0 Å². The van der Waals surface area contributed by atoms with Crippen LogP contribution < -0.4 is 10.4 Å². The maximum Gasteiger partial charge on any atom is -0.00178 e. The van der Waals surface area contributed by atoms with Crippen LogP contribution >= 0.6 is 0 Å². The van der Waals surface area contributed by atoms with E-state index in [1.807, 2.05) is 0 Å². The SMILES string of the molecule is [c]1c2c(cc3c1=CCC=C3)=CCC=C2. The summed E-state index contributed by atoms with van der Waals surface area (Å²) >= 11 is 0. The number of allylic oxidation sites excluding steroid dienone is 2. The first kappa shape index (κ1) is 7.81. The van der Waals surface area contributed by atoms with E-state index in [2.05, 4.69) is 48.6 Å². The zero-order chi connectivity index (χ0) is 9.38. The molecule has 0 bridgehead atoms. The monoisotopic (exact) mass is 179 g/mol. The molecule has 0 heterocycles. The van der Waals surface area contributed by atoms with E-state index in [0.717, 1.165) is 12.8 Å². The average Bonchev–Trinajstić information content (AvgIpc) is 2.26. The lowest BCUT2D eigenvalue weighted by Gasteiger charge is -2.06. The van der Waals surface area contributed by atoms with Gasteiger partial charge in [-0.3, -0.25) is 0 Å². The summed E-state index contributed by atoms with van der Waals surface area (Å²) in [7, 11) is 0. The number of rotatable bonds is 0. The molecule has 1 radical (unpaired) electrons. The molecule has 0 heteroatoms. The van der Waals surface area contributed by atoms with Gasteiger partial charge >= 0.3 is 0 Å². The van der Waals surface area contributed by atoms with Gasteiger partial charge in [0.25, 0.3) is 0 Å². The van der Waals surface area contributed by atoms with Gasteiger partial charge in [0.1, 0.15) is 0 Å². The Hall–Kier alpha value is -1.56. The van der Waals surface area contributed by atoms with Crippen molar-refractivity contribution in [1.29, 1.82) is 0 Å². The molecule has 0 saturated heterocycles. The molecule has 0 nitrogen and oxygen atoms in total. The van der Waals surface area contributed by atoms with E-state index in [1.54, 1.807) is 0 Å². The molecule has 0 spiro atoms. The van der Waals surface area contributed by atoms with Crippen LogP contribution in [0.25, 0.3) is 24.3 Å². The number of hydrogen-bond acceptors (Lipinski definition) is 0. The van der Waals surface area contributed by atoms with Gasteiger partial charge in [-0.05, 0) is 46.5 Å². The second-order valence-electron chi connectivity index (χ2n) is 3.69. The first-order chi connectivity index (χ1) is 6.93. The second kappa shape index (κ2) is 2.98. The zero-order valence-corrected chi connectivity index (χ0v) is 7.96. The molecule has 14 heavy (non-hydrogen) atoms. The summed E-state index contributed by atoms with van der Waals surface area (Å²) < 4.78 is 0. The molecule has 1 aromatic carbocycles. The molecule has 0 unspecified atom stereocenters. The third-order valence-corrected chi connectivity index (χ3v) is 2.72. The fourth-order valence-corrected chi connectivity index (χ4v) is 1.99. The Bertz CT molecular complexity index is 490. The molecule has 1 aromatic rings. The summed E-state index contributed by atoms with van der Waals surface area (Å²) in [6.07, 6.45) is 15.3. The predicted octanol–water partition coefficient (Wildman–Crippen LogP) is 1.88. The van der Waals surface area contributed by atoms with Gasteiger partial charge in [0.15, 0.2) is 0 Å². The van der Waals surface area contributed by atoms with Crippen molar-refractivity contribution in [2.75, 3.05) is 0 Å². The zero-order valence-electron chi connectivity index (χ0n) is 7.96. The number of hydrogen-bond donors (Lipinski definition) is 0. The highest BCUT2D eigenvalue weighted by Crippen LogP contribution is 2.06. The van der Waals surface area contributed by atoms with Gasteiger partial charge in [0.05, 0.1) is 0 Å². The minimum atomic E-state index is 1.04. The smallest absolute Gasteiger partial charge is 0.00178 e. The van der Waals surface area contributed by atoms with Gasteiger partial charge in [-0.1, -0.05) is 36.5 Å². The summed E-state index contributed by atoms with van der Waals surface area (Å²) in [6.45, 7) is 0. The van der Waals surface area contributed by atoms with E-state index in [1.165, 1.54) is 21.6 Å². The maximum absolute atomic E-state index is 3.46. The normalized spacial score (nSPS) is 16.6. The van der Waals surface area contributed by atoms with Crippen LogP contribution in [0.2, 0.25) is 0 Å². The minimum absolute atomic E-state index is 1.04. The second-order valence-corrected chi connectivity index (χ2v) is 3.69. The van der Waals surface area contributed by atoms with Gasteiger partial charge < -0.3 is 0 Å². The van der Waals surface area contributed by atoms with Gasteiger partial charge in [-0.15, -0.1) is 0 Å². The van der Waals surface area contributed by atoms with Crippen LogP contribution in [-0.4, -0.2) is 0 Å². The number of benzene rings is 1. The third-order valence-electron chi connectivity index (χ3n) is 2.72. The number of fused-ring (bicyclic) bond motifs is 2. The van der Waals surface area contributed by atoms with Crippen LogP contribution in [0.5, 0.6) is 0 Å². The van der Waals surface area contributed by atoms with Crippen molar-refractivity contribution >= 4 is 24.3 Å². The van der Waals surface area contributed by atoms with Crippen molar-refractivity contribution < 1.29 is 0 Å². The Morgan fingerprint density at radius 2 is 1.86 bits per heavy atom. The van der Waals surface area contributed by atoms with E-state index in [9.17, 15) is 0 Å². The van der Waals surface area contributed by atoms with E-state index < -0.39 is 0 Å².